The number of methoxy groups -OCH3 is 1. The van der Waals surface area contributed by atoms with Crippen molar-refractivity contribution in [2.75, 3.05) is 18.0 Å². The van der Waals surface area contributed by atoms with E-state index >= 15 is 0 Å². The minimum atomic E-state index is -4.35. The van der Waals surface area contributed by atoms with Gasteiger partial charge < -0.3 is 9.47 Å². The van der Waals surface area contributed by atoms with E-state index in [4.69, 9.17) is 9.47 Å². The highest BCUT2D eigenvalue weighted by molar-refractivity contribution is 7.92. The summed E-state index contributed by atoms with van der Waals surface area (Å²) >= 11 is 0. The lowest BCUT2D eigenvalue weighted by atomic mass is 9.66. The Kier molecular flexibility index (Phi) is 6.73. The number of fused-ring (bicyclic) bond motifs is 4. The smallest absolute Gasteiger partial charge is 0.287 e. The average Bonchev–Trinajstić information content (AvgIpc) is 3.00. The molecule has 4 aromatic carbocycles. The third-order valence-corrected chi connectivity index (χ3v) is 10.0. The second-order valence-corrected chi connectivity index (χ2v) is 12.4. The number of anilines is 1. The molecule has 2 aliphatic heterocycles. The van der Waals surface area contributed by atoms with Gasteiger partial charge in [-0.3, -0.25) is 19.2 Å². The van der Waals surface area contributed by atoms with Crippen LogP contribution in [-0.2, 0) is 10.0 Å². The number of hydrogen-bond donors (Lipinski definition) is 0. The van der Waals surface area contributed by atoms with Gasteiger partial charge in [0, 0.05) is 22.5 Å². The van der Waals surface area contributed by atoms with Gasteiger partial charge in [-0.2, -0.15) is 0 Å². The van der Waals surface area contributed by atoms with Crippen molar-refractivity contribution in [2.24, 2.45) is 0 Å². The zero-order valence-electron chi connectivity index (χ0n) is 23.0. The van der Waals surface area contributed by atoms with E-state index in [1.807, 2.05) is 6.92 Å². The van der Waals surface area contributed by atoms with Gasteiger partial charge in [-0.1, -0.05) is 78.4 Å². The first-order valence-corrected chi connectivity index (χ1v) is 14.9. The number of nitro groups is 1. The second-order valence-electron chi connectivity index (χ2n) is 10.5. The molecule has 3 atom stereocenters. The van der Waals surface area contributed by atoms with Crippen LogP contribution in [0.25, 0.3) is 0 Å². The molecule has 0 unspecified atom stereocenters. The van der Waals surface area contributed by atoms with E-state index in [1.54, 1.807) is 84.9 Å². The molecule has 0 aromatic heterocycles. The number of carbonyl (C=O) groups is 1. The number of aryl methyl sites for hydroxylation is 1. The van der Waals surface area contributed by atoms with Crippen LogP contribution in [0.2, 0.25) is 0 Å². The Labute approximate surface area is 243 Å². The Morgan fingerprint density at radius 1 is 0.976 bits per heavy atom. The van der Waals surface area contributed by atoms with Crippen LogP contribution in [-0.4, -0.2) is 38.4 Å². The molecule has 214 valence electrons. The topological polar surface area (TPSA) is 116 Å². The highest BCUT2D eigenvalue weighted by Gasteiger charge is 2.68. The summed E-state index contributed by atoms with van der Waals surface area (Å²) in [7, 11) is -2.90. The molecule has 4 aromatic rings. The second kappa shape index (κ2) is 10.3. The molecule has 2 heterocycles. The lowest BCUT2D eigenvalue weighted by molar-refractivity contribution is -0.584. The predicted octanol–water partition coefficient (Wildman–Crippen LogP) is 5.72. The molecule has 10 heteroatoms. The van der Waals surface area contributed by atoms with Gasteiger partial charge in [0.25, 0.3) is 15.6 Å². The Hall–Kier alpha value is -4.70. The number of ketones is 1. The normalized spacial score (nSPS) is 20.9. The lowest BCUT2D eigenvalue weighted by Crippen LogP contribution is -2.64. The Balaban J connectivity index is 1.66. The van der Waals surface area contributed by atoms with Crippen LogP contribution in [0.3, 0.4) is 0 Å². The van der Waals surface area contributed by atoms with Gasteiger partial charge in [0.2, 0.25) is 0 Å². The predicted molar refractivity (Wildman–Crippen MR) is 156 cm³/mol. The third-order valence-electron chi connectivity index (χ3n) is 8.24. The number of benzene rings is 4. The maximum Gasteiger partial charge on any atom is 0.287 e. The number of sulfonamides is 1. The Morgan fingerprint density at radius 3 is 2.33 bits per heavy atom. The Morgan fingerprint density at radius 2 is 1.64 bits per heavy atom. The van der Waals surface area contributed by atoms with E-state index < -0.39 is 39.1 Å². The SMILES string of the molecule is COc1cccc2c1OC[C@]1([N+](=O)[O-])[C@H](CC(=O)c3ccccc3)c3ccccc3N(S(=O)(=O)c3ccc(C)cc3)[C@H]21. The van der Waals surface area contributed by atoms with Crippen molar-refractivity contribution in [2.45, 2.75) is 35.7 Å². The molecular formula is C32H28N2O7S. The van der Waals surface area contributed by atoms with Gasteiger partial charge >= 0.3 is 0 Å². The summed E-state index contributed by atoms with van der Waals surface area (Å²) in [5.74, 6) is -0.737. The van der Waals surface area contributed by atoms with Gasteiger partial charge in [0.05, 0.1) is 23.6 Å². The number of nitrogens with zero attached hydrogens (tertiary/aromatic N) is 2. The van der Waals surface area contributed by atoms with Crippen molar-refractivity contribution in [1.82, 2.24) is 0 Å². The molecular weight excluding hydrogens is 556 g/mol. The highest BCUT2D eigenvalue weighted by atomic mass is 32.2. The summed E-state index contributed by atoms with van der Waals surface area (Å²) in [6.07, 6.45) is -0.223. The maximum atomic E-state index is 14.6. The van der Waals surface area contributed by atoms with Gasteiger partial charge in [-0.05, 0) is 36.8 Å². The van der Waals surface area contributed by atoms with E-state index in [0.717, 1.165) is 9.87 Å². The number of Topliss-reactive ketones (excluding diaryl/α,β-unsaturated/α-hetero) is 1. The monoisotopic (exact) mass is 584 g/mol. The molecule has 0 N–H and O–H groups in total. The minimum Gasteiger partial charge on any atom is -0.493 e. The van der Waals surface area contributed by atoms with E-state index in [1.165, 1.54) is 19.2 Å². The van der Waals surface area contributed by atoms with Crippen molar-refractivity contribution >= 4 is 21.5 Å². The van der Waals surface area contributed by atoms with Crippen LogP contribution in [0, 0.1) is 17.0 Å². The summed E-state index contributed by atoms with van der Waals surface area (Å²) in [5.41, 5.74) is 0.199. The number of carbonyl (C=O) groups excluding carboxylic acids is 1. The van der Waals surface area contributed by atoms with Crippen LogP contribution in [0.1, 0.15) is 45.4 Å². The molecule has 0 radical (unpaired) electrons. The summed E-state index contributed by atoms with van der Waals surface area (Å²) in [5, 5.41) is 13.4. The van der Waals surface area contributed by atoms with Crippen LogP contribution in [0.15, 0.2) is 102 Å². The minimum absolute atomic E-state index is 0.00472. The van der Waals surface area contributed by atoms with Crippen LogP contribution in [0.5, 0.6) is 11.5 Å². The molecule has 42 heavy (non-hydrogen) atoms. The standard InChI is InChI=1S/C32H28N2O7S/c1-21-15-17-23(18-16-21)42(38,39)33-27-13-7-6-11-24(27)26(19-28(35)22-9-4-3-5-10-22)32(34(36)37)20-41-30-25(31(32)33)12-8-14-29(30)40-2/h3-18,26,31H,19-20H2,1-2H3/t26-,31-,32+/m1/s1. The van der Waals surface area contributed by atoms with E-state index in [9.17, 15) is 23.3 Å². The van der Waals surface area contributed by atoms with Gasteiger partial charge in [0.1, 0.15) is 6.04 Å². The summed E-state index contributed by atoms with van der Waals surface area (Å²) in [6, 6.07) is 25.2. The third kappa shape index (κ3) is 4.13. The van der Waals surface area contributed by atoms with Crippen molar-refractivity contribution in [3.63, 3.8) is 0 Å². The largest absolute Gasteiger partial charge is 0.493 e. The van der Waals surface area contributed by atoms with Crippen LogP contribution < -0.4 is 13.8 Å². The molecule has 0 saturated heterocycles. The van der Waals surface area contributed by atoms with Crippen molar-refractivity contribution in [3.05, 3.63) is 129 Å². The summed E-state index contributed by atoms with van der Waals surface area (Å²) < 4.78 is 41.9. The molecule has 0 fully saturated rings. The Bertz CT molecular complexity index is 1790. The number of ether oxygens (including phenoxy) is 2. The summed E-state index contributed by atoms with van der Waals surface area (Å²) in [4.78, 5) is 26.6. The van der Waals surface area contributed by atoms with E-state index in [2.05, 4.69) is 0 Å². The molecule has 0 saturated carbocycles. The zero-order valence-corrected chi connectivity index (χ0v) is 23.8. The van der Waals surface area contributed by atoms with E-state index in [0.29, 0.717) is 22.4 Å². The first kappa shape index (κ1) is 27.5. The van der Waals surface area contributed by atoms with Crippen LogP contribution in [0.4, 0.5) is 5.69 Å². The molecule has 9 nitrogen and oxygen atoms in total. The van der Waals surface area contributed by atoms with Gasteiger partial charge in [0.15, 0.2) is 23.9 Å². The molecule has 6 rings (SSSR count). The molecule has 2 aliphatic rings. The van der Waals surface area contributed by atoms with Crippen molar-refractivity contribution in [1.29, 1.82) is 0 Å². The van der Waals surface area contributed by atoms with Crippen molar-refractivity contribution < 1.29 is 27.6 Å². The number of hydrogen-bond acceptors (Lipinski definition) is 7. The molecule has 0 bridgehead atoms. The van der Waals surface area contributed by atoms with Gasteiger partial charge in [-0.15, -0.1) is 0 Å². The number of rotatable bonds is 7. The fourth-order valence-electron chi connectivity index (χ4n) is 6.20. The molecule has 0 spiro atoms. The van der Waals surface area contributed by atoms with Crippen LogP contribution >= 0.6 is 0 Å². The average molecular weight is 585 g/mol. The van der Waals surface area contributed by atoms with Crippen molar-refractivity contribution in [3.8, 4) is 11.5 Å². The maximum absolute atomic E-state index is 14.6. The molecule has 0 amide bonds. The molecule has 0 aliphatic carbocycles. The van der Waals surface area contributed by atoms with E-state index in [-0.39, 0.29) is 28.5 Å². The number of para-hydroxylation sites is 2. The summed E-state index contributed by atoms with van der Waals surface area (Å²) in [6.45, 7) is 1.37. The zero-order chi connectivity index (χ0) is 29.6. The fraction of sp³-hybridized carbons (Fsp3) is 0.219. The highest BCUT2D eigenvalue weighted by Crippen LogP contribution is 2.59. The fourth-order valence-corrected chi connectivity index (χ4v) is 7.90. The lowest BCUT2D eigenvalue weighted by Gasteiger charge is -2.50. The first-order valence-electron chi connectivity index (χ1n) is 13.4. The first-order chi connectivity index (χ1) is 20.2. The van der Waals surface area contributed by atoms with Gasteiger partial charge in [-0.25, -0.2) is 8.42 Å². The quantitative estimate of drug-likeness (QED) is 0.155.